The molecule has 0 atom stereocenters. The van der Waals surface area contributed by atoms with Crippen LogP contribution in [0.2, 0.25) is 0 Å². The SMILES string of the molecule is O=C(Nc1ccc2cn[nH]c2c1)c1ccc2nc3ccccc3nc2c1. The van der Waals surface area contributed by atoms with Gasteiger partial charge >= 0.3 is 0 Å². The van der Waals surface area contributed by atoms with Crippen molar-refractivity contribution in [3.05, 3.63) is 72.4 Å². The Kier molecular flexibility index (Phi) is 3.15. The zero-order valence-electron chi connectivity index (χ0n) is 13.6. The molecule has 0 unspecified atom stereocenters. The predicted molar refractivity (Wildman–Crippen MR) is 101 cm³/mol. The first-order chi connectivity index (χ1) is 12.8. The molecule has 2 aromatic heterocycles. The van der Waals surface area contributed by atoms with E-state index in [1.54, 1.807) is 18.3 Å². The van der Waals surface area contributed by atoms with Crippen molar-refractivity contribution in [2.24, 2.45) is 0 Å². The summed E-state index contributed by atoms with van der Waals surface area (Å²) < 4.78 is 0. The summed E-state index contributed by atoms with van der Waals surface area (Å²) >= 11 is 0. The Morgan fingerprint density at radius 3 is 2.46 bits per heavy atom. The molecule has 6 nitrogen and oxygen atoms in total. The summed E-state index contributed by atoms with van der Waals surface area (Å²) in [5, 5.41) is 10.8. The molecule has 5 rings (SSSR count). The van der Waals surface area contributed by atoms with Gasteiger partial charge in [0.1, 0.15) is 0 Å². The van der Waals surface area contributed by atoms with Crippen molar-refractivity contribution in [2.45, 2.75) is 0 Å². The third kappa shape index (κ3) is 2.44. The van der Waals surface area contributed by atoms with Crippen LogP contribution in [-0.4, -0.2) is 26.1 Å². The number of para-hydroxylation sites is 2. The fourth-order valence-electron chi connectivity index (χ4n) is 2.98. The van der Waals surface area contributed by atoms with Crippen LogP contribution in [0.25, 0.3) is 33.0 Å². The number of aromatic nitrogens is 4. The maximum Gasteiger partial charge on any atom is 0.255 e. The molecule has 0 fully saturated rings. The number of rotatable bonds is 2. The molecule has 0 radical (unpaired) electrons. The highest BCUT2D eigenvalue weighted by Gasteiger charge is 2.10. The summed E-state index contributed by atoms with van der Waals surface area (Å²) in [5.74, 6) is -0.194. The van der Waals surface area contributed by atoms with Crippen LogP contribution in [0.3, 0.4) is 0 Å². The van der Waals surface area contributed by atoms with Crippen LogP contribution < -0.4 is 5.32 Å². The lowest BCUT2D eigenvalue weighted by molar-refractivity contribution is 0.102. The number of amides is 1. The quantitative estimate of drug-likeness (QED) is 0.478. The summed E-state index contributed by atoms with van der Waals surface area (Å²) in [5.41, 5.74) is 5.22. The summed E-state index contributed by atoms with van der Waals surface area (Å²) in [6.45, 7) is 0. The summed E-state index contributed by atoms with van der Waals surface area (Å²) in [4.78, 5) is 21.8. The third-order valence-corrected chi connectivity index (χ3v) is 4.30. The molecule has 1 amide bonds. The van der Waals surface area contributed by atoms with Crippen LogP contribution in [0.4, 0.5) is 5.69 Å². The molecule has 5 aromatic rings. The van der Waals surface area contributed by atoms with Crippen molar-refractivity contribution in [1.82, 2.24) is 20.2 Å². The lowest BCUT2D eigenvalue weighted by Crippen LogP contribution is -2.11. The minimum Gasteiger partial charge on any atom is -0.322 e. The number of benzene rings is 3. The highest BCUT2D eigenvalue weighted by Crippen LogP contribution is 2.20. The minimum atomic E-state index is -0.194. The first-order valence-electron chi connectivity index (χ1n) is 8.17. The fourth-order valence-corrected chi connectivity index (χ4v) is 2.98. The molecule has 3 aromatic carbocycles. The third-order valence-electron chi connectivity index (χ3n) is 4.30. The maximum atomic E-state index is 12.6. The van der Waals surface area contributed by atoms with Crippen molar-refractivity contribution < 1.29 is 4.79 Å². The van der Waals surface area contributed by atoms with Gasteiger partial charge in [-0.2, -0.15) is 5.10 Å². The number of fused-ring (bicyclic) bond motifs is 3. The van der Waals surface area contributed by atoms with E-state index in [9.17, 15) is 4.79 Å². The Hall–Kier alpha value is -3.80. The fraction of sp³-hybridized carbons (Fsp3) is 0. The van der Waals surface area contributed by atoms with Gasteiger partial charge in [-0.1, -0.05) is 12.1 Å². The van der Waals surface area contributed by atoms with E-state index in [0.29, 0.717) is 16.8 Å². The Morgan fingerprint density at radius 1 is 0.846 bits per heavy atom. The number of H-pyrrole nitrogens is 1. The molecule has 0 aliphatic rings. The maximum absolute atomic E-state index is 12.6. The van der Waals surface area contributed by atoms with Crippen LogP contribution in [-0.2, 0) is 0 Å². The number of hydrogen-bond acceptors (Lipinski definition) is 4. The van der Waals surface area contributed by atoms with Crippen LogP contribution >= 0.6 is 0 Å². The molecule has 2 heterocycles. The molecular formula is C20H13N5O. The molecule has 2 N–H and O–H groups in total. The second-order valence-electron chi connectivity index (χ2n) is 6.04. The summed E-state index contributed by atoms with van der Waals surface area (Å²) in [6.07, 6.45) is 1.74. The van der Waals surface area contributed by atoms with Gasteiger partial charge in [0.15, 0.2) is 0 Å². The molecule has 0 saturated carbocycles. The van der Waals surface area contributed by atoms with Gasteiger partial charge in [0, 0.05) is 16.6 Å². The number of nitrogens with one attached hydrogen (secondary N) is 2. The van der Waals surface area contributed by atoms with Gasteiger partial charge < -0.3 is 5.32 Å². The van der Waals surface area contributed by atoms with E-state index in [1.165, 1.54) is 0 Å². The number of carbonyl (C=O) groups excluding carboxylic acids is 1. The second-order valence-corrected chi connectivity index (χ2v) is 6.04. The van der Waals surface area contributed by atoms with Gasteiger partial charge in [-0.05, 0) is 48.5 Å². The average molecular weight is 339 g/mol. The average Bonchev–Trinajstić information content (AvgIpc) is 3.13. The first-order valence-corrected chi connectivity index (χ1v) is 8.17. The van der Waals surface area contributed by atoms with Gasteiger partial charge in [0.05, 0.1) is 33.8 Å². The first kappa shape index (κ1) is 14.5. The van der Waals surface area contributed by atoms with Gasteiger partial charge in [-0.15, -0.1) is 0 Å². The molecule has 26 heavy (non-hydrogen) atoms. The Bertz CT molecular complexity index is 1290. The smallest absolute Gasteiger partial charge is 0.255 e. The van der Waals surface area contributed by atoms with E-state index in [0.717, 1.165) is 27.5 Å². The van der Waals surface area contributed by atoms with E-state index in [1.807, 2.05) is 48.5 Å². The van der Waals surface area contributed by atoms with E-state index < -0.39 is 0 Å². The van der Waals surface area contributed by atoms with E-state index in [2.05, 4.69) is 25.5 Å². The normalized spacial score (nSPS) is 11.2. The lowest BCUT2D eigenvalue weighted by Gasteiger charge is -2.07. The van der Waals surface area contributed by atoms with Crippen molar-refractivity contribution in [2.75, 3.05) is 5.32 Å². The molecule has 0 spiro atoms. The van der Waals surface area contributed by atoms with E-state index in [4.69, 9.17) is 0 Å². The van der Waals surface area contributed by atoms with Crippen molar-refractivity contribution in [3.8, 4) is 0 Å². The van der Waals surface area contributed by atoms with Gasteiger partial charge in [0.2, 0.25) is 0 Å². The zero-order chi connectivity index (χ0) is 17.5. The van der Waals surface area contributed by atoms with Crippen LogP contribution in [0.15, 0.2) is 66.9 Å². The Labute approximate surface area is 147 Å². The molecule has 6 heteroatoms. The highest BCUT2D eigenvalue weighted by atomic mass is 16.1. The second kappa shape index (κ2) is 5.63. The largest absolute Gasteiger partial charge is 0.322 e. The standard InChI is InChI=1S/C20H13N5O/c26-20(22-14-7-5-13-11-21-25-18(13)10-14)12-6-8-17-19(9-12)24-16-4-2-1-3-15(16)23-17/h1-11H,(H,21,25)(H,22,26). The predicted octanol–water partition coefficient (Wildman–Crippen LogP) is 3.91. The minimum absolute atomic E-state index is 0.194. The topological polar surface area (TPSA) is 83.6 Å². The van der Waals surface area contributed by atoms with Gasteiger partial charge in [-0.25, -0.2) is 9.97 Å². The number of hydrogen-bond donors (Lipinski definition) is 2. The van der Waals surface area contributed by atoms with Crippen molar-refractivity contribution >= 4 is 44.6 Å². The van der Waals surface area contributed by atoms with Crippen molar-refractivity contribution in [1.29, 1.82) is 0 Å². The molecular weight excluding hydrogens is 326 g/mol. The summed E-state index contributed by atoms with van der Waals surface area (Å²) in [6, 6.07) is 18.6. The van der Waals surface area contributed by atoms with E-state index >= 15 is 0 Å². The number of nitrogens with zero attached hydrogens (tertiary/aromatic N) is 3. The number of carbonyl (C=O) groups is 1. The van der Waals surface area contributed by atoms with Crippen LogP contribution in [0.1, 0.15) is 10.4 Å². The zero-order valence-corrected chi connectivity index (χ0v) is 13.6. The lowest BCUT2D eigenvalue weighted by atomic mass is 10.1. The van der Waals surface area contributed by atoms with Gasteiger partial charge in [0.25, 0.3) is 5.91 Å². The molecule has 124 valence electrons. The highest BCUT2D eigenvalue weighted by molar-refractivity contribution is 6.06. The summed E-state index contributed by atoms with van der Waals surface area (Å²) in [7, 11) is 0. The number of aromatic amines is 1. The molecule has 0 aliphatic heterocycles. The molecule has 0 bridgehead atoms. The Balaban J connectivity index is 1.50. The molecule has 0 saturated heterocycles. The number of anilines is 1. The van der Waals surface area contributed by atoms with E-state index in [-0.39, 0.29) is 5.91 Å². The monoisotopic (exact) mass is 339 g/mol. The Morgan fingerprint density at radius 2 is 1.62 bits per heavy atom. The van der Waals surface area contributed by atoms with Crippen LogP contribution in [0, 0.1) is 0 Å². The van der Waals surface area contributed by atoms with Crippen molar-refractivity contribution in [3.63, 3.8) is 0 Å². The molecule has 0 aliphatic carbocycles. The van der Waals surface area contributed by atoms with Crippen LogP contribution in [0.5, 0.6) is 0 Å². The van der Waals surface area contributed by atoms with Gasteiger partial charge in [-0.3, -0.25) is 9.89 Å².